The van der Waals surface area contributed by atoms with E-state index in [0.29, 0.717) is 24.6 Å². The van der Waals surface area contributed by atoms with Crippen molar-refractivity contribution in [3.8, 4) is 11.3 Å². The fraction of sp³-hybridized carbons (Fsp3) is 0.353. The molecule has 1 aromatic heterocycles. The van der Waals surface area contributed by atoms with E-state index >= 15 is 0 Å². The van der Waals surface area contributed by atoms with Crippen LogP contribution in [0.3, 0.4) is 0 Å². The number of hydrogen-bond acceptors (Lipinski definition) is 4. The lowest BCUT2D eigenvalue weighted by molar-refractivity contribution is -0.127. The zero-order valence-electron chi connectivity index (χ0n) is 13.3. The van der Waals surface area contributed by atoms with E-state index in [1.807, 2.05) is 40.6 Å². The van der Waals surface area contributed by atoms with Gasteiger partial charge < -0.3 is 10.2 Å². The number of amides is 3. The molecule has 7 heteroatoms. The van der Waals surface area contributed by atoms with Gasteiger partial charge in [-0.3, -0.25) is 10.1 Å². The number of aromatic nitrogens is 1. The minimum atomic E-state index is -0.267. The number of likely N-dealkylation sites (tertiary alicyclic amines) is 1. The van der Waals surface area contributed by atoms with Gasteiger partial charge in [0.15, 0.2) is 5.13 Å². The number of carbonyl (C=O) groups is 2. The summed E-state index contributed by atoms with van der Waals surface area (Å²) in [6.45, 7) is 2.08. The Bertz CT molecular complexity index is 702. The van der Waals surface area contributed by atoms with Crippen molar-refractivity contribution in [2.45, 2.75) is 19.3 Å². The molecule has 0 unspecified atom stereocenters. The van der Waals surface area contributed by atoms with Crippen molar-refractivity contribution in [3.63, 3.8) is 0 Å². The number of anilines is 1. The molecule has 6 nitrogen and oxygen atoms in total. The van der Waals surface area contributed by atoms with E-state index in [4.69, 9.17) is 0 Å². The van der Waals surface area contributed by atoms with Crippen LogP contribution in [-0.4, -0.2) is 41.5 Å². The van der Waals surface area contributed by atoms with Crippen LogP contribution in [0.4, 0.5) is 9.93 Å². The molecule has 126 valence electrons. The summed E-state index contributed by atoms with van der Waals surface area (Å²) in [6.07, 6.45) is 2.36. The number of hydrogen-bond donors (Lipinski definition) is 2. The van der Waals surface area contributed by atoms with Crippen molar-refractivity contribution in [3.05, 3.63) is 35.7 Å². The number of carbonyl (C=O) groups excluding carboxylic acids is 2. The van der Waals surface area contributed by atoms with Crippen molar-refractivity contribution in [2.24, 2.45) is 0 Å². The molecule has 1 fully saturated rings. The van der Waals surface area contributed by atoms with Gasteiger partial charge in [0.05, 0.1) is 5.69 Å². The molecule has 1 saturated heterocycles. The summed E-state index contributed by atoms with van der Waals surface area (Å²) < 4.78 is 0. The van der Waals surface area contributed by atoms with Gasteiger partial charge in [0, 0.05) is 37.0 Å². The number of rotatable bonds is 6. The zero-order valence-corrected chi connectivity index (χ0v) is 14.1. The molecule has 0 aliphatic carbocycles. The summed E-state index contributed by atoms with van der Waals surface area (Å²) in [6, 6.07) is 9.57. The van der Waals surface area contributed by atoms with Gasteiger partial charge in [-0.25, -0.2) is 9.78 Å². The minimum Gasteiger partial charge on any atom is -0.343 e. The van der Waals surface area contributed by atoms with E-state index in [2.05, 4.69) is 15.6 Å². The maximum absolute atomic E-state index is 11.9. The van der Waals surface area contributed by atoms with Gasteiger partial charge in [0.25, 0.3) is 0 Å². The topological polar surface area (TPSA) is 74.3 Å². The Morgan fingerprint density at radius 1 is 1.29 bits per heavy atom. The number of nitrogens with one attached hydrogen (secondary N) is 2. The molecule has 0 spiro atoms. The predicted molar refractivity (Wildman–Crippen MR) is 95.0 cm³/mol. The fourth-order valence-electron chi connectivity index (χ4n) is 2.63. The third-order valence-corrected chi connectivity index (χ3v) is 4.61. The second-order valence-corrected chi connectivity index (χ2v) is 6.48. The van der Waals surface area contributed by atoms with Crippen molar-refractivity contribution in [1.29, 1.82) is 0 Å². The maximum atomic E-state index is 11.9. The standard InChI is InChI=1S/C17H20N4O2S/c22-15-8-4-10-21(15)11-5-9-18-16(23)20-17-19-14(12-24-17)13-6-2-1-3-7-13/h1-3,6-7,12H,4-5,8-11H2,(H2,18,19,20,23). The second-order valence-electron chi connectivity index (χ2n) is 5.62. The first-order chi connectivity index (χ1) is 11.7. The lowest BCUT2D eigenvalue weighted by Gasteiger charge is -2.15. The first-order valence-electron chi connectivity index (χ1n) is 8.06. The average molecular weight is 344 g/mol. The number of urea groups is 1. The maximum Gasteiger partial charge on any atom is 0.321 e. The van der Waals surface area contributed by atoms with Crippen LogP contribution in [0.2, 0.25) is 0 Å². The molecule has 0 bridgehead atoms. The van der Waals surface area contributed by atoms with Crippen LogP contribution in [-0.2, 0) is 4.79 Å². The molecule has 3 rings (SSSR count). The second kappa shape index (κ2) is 7.92. The minimum absolute atomic E-state index is 0.218. The molecule has 0 atom stereocenters. The molecule has 1 aliphatic rings. The van der Waals surface area contributed by atoms with Gasteiger partial charge in [-0.2, -0.15) is 0 Å². The Hall–Kier alpha value is -2.41. The SMILES string of the molecule is O=C(NCCCN1CCCC1=O)Nc1nc(-c2ccccc2)cs1. The van der Waals surface area contributed by atoms with Crippen molar-refractivity contribution >= 4 is 28.4 Å². The molecule has 0 radical (unpaired) electrons. The van der Waals surface area contributed by atoms with Gasteiger partial charge in [0.2, 0.25) is 5.91 Å². The third kappa shape index (κ3) is 4.32. The van der Waals surface area contributed by atoms with Crippen LogP contribution >= 0.6 is 11.3 Å². The molecule has 3 amide bonds. The lowest BCUT2D eigenvalue weighted by atomic mass is 10.2. The molecule has 0 saturated carbocycles. The van der Waals surface area contributed by atoms with E-state index in [9.17, 15) is 9.59 Å². The Balaban J connectivity index is 1.41. The largest absolute Gasteiger partial charge is 0.343 e. The Labute approximate surface area is 144 Å². The van der Waals surface area contributed by atoms with E-state index in [0.717, 1.165) is 30.6 Å². The van der Waals surface area contributed by atoms with Crippen molar-refractivity contribution < 1.29 is 9.59 Å². The molecule has 2 heterocycles. The Morgan fingerprint density at radius 2 is 2.12 bits per heavy atom. The highest BCUT2D eigenvalue weighted by Gasteiger charge is 2.19. The van der Waals surface area contributed by atoms with Gasteiger partial charge in [-0.1, -0.05) is 30.3 Å². The number of benzene rings is 1. The molecule has 24 heavy (non-hydrogen) atoms. The van der Waals surface area contributed by atoms with E-state index in [-0.39, 0.29) is 11.9 Å². The monoisotopic (exact) mass is 344 g/mol. The summed E-state index contributed by atoms with van der Waals surface area (Å²) >= 11 is 1.40. The van der Waals surface area contributed by atoms with Crippen LogP contribution in [0.5, 0.6) is 0 Å². The fourth-order valence-corrected chi connectivity index (χ4v) is 3.34. The van der Waals surface area contributed by atoms with Crippen LogP contribution in [0.25, 0.3) is 11.3 Å². The first-order valence-corrected chi connectivity index (χ1v) is 8.94. The van der Waals surface area contributed by atoms with E-state index in [1.54, 1.807) is 0 Å². The number of thiazole rings is 1. The number of nitrogens with zero attached hydrogens (tertiary/aromatic N) is 2. The highest BCUT2D eigenvalue weighted by Crippen LogP contribution is 2.24. The smallest absolute Gasteiger partial charge is 0.321 e. The van der Waals surface area contributed by atoms with E-state index < -0.39 is 0 Å². The molecule has 1 aromatic carbocycles. The molecular formula is C17H20N4O2S. The summed E-state index contributed by atoms with van der Waals surface area (Å²) in [5.74, 6) is 0.218. The summed E-state index contributed by atoms with van der Waals surface area (Å²) in [5.41, 5.74) is 1.88. The molecule has 1 aliphatic heterocycles. The van der Waals surface area contributed by atoms with E-state index in [1.165, 1.54) is 11.3 Å². The molecule has 2 N–H and O–H groups in total. The van der Waals surface area contributed by atoms with Crippen LogP contribution in [0, 0.1) is 0 Å². The van der Waals surface area contributed by atoms with Gasteiger partial charge in [-0.05, 0) is 12.8 Å². The normalized spacial score (nSPS) is 14.0. The first kappa shape index (κ1) is 16.4. The third-order valence-electron chi connectivity index (χ3n) is 3.86. The summed E-state index contributed by atoms with van der Waals surface area (Å²) in [4.78, 5) is 29.6. The molecular weight excluding hydrogens is 324 g/mol. The predicted octanol–water partition coefficient (Wildman–Crippen LogP) is 2.94. The summed E-state index contributed by atoms with van der Waals surface area (Å²) in [5, 5.41) is 8.03. The van der Waals surface area contributed by atoms with Crippen LogP contribution in [0.1, 0.15) is 19.3 Å². The van der Waals surface area contributed by atoms with Crippen LogP contribution < -0.4 is 10.6 Å². The summed E-state index contributed by atoms with van der Waals surface area (Å²) in [7, 11) is 0. The van der Waals surface area contributed by atoms with Gasteiger partial charge in [-0.15, -0.1) is 11.3 Å². The van der Waals surface area contributed by atoms with Crippen LogP contribution in [0.15, 0.2) is 35.7 Å². The Morgan fingerprint density at radius 3 is 2.88 bits per heavy atom. The quantitative estimate of drug-likeness (QED) is 0.791. The van der Waals surface area contributed by atoms with Gasteiger partial charge in [0.1, 0.15) is 0 Å². The van der Waals surface area contributed by atoms with Crippen molar-refractivity contribution in [1.82, 2.24) is 15.2 Å². The lowest BCUT2D eigenvalue weighted by Crippen LogP contribution is -2.32. The molecule has 2 aromatic rings. The van der Waals surface area contributed by atoms with Crippen molar-refractivity contribution in [2.75, 3.05) is 25.0 Å². The van der Waals surface area contributed by atoms with Gasteiger partial charge >= 0.3 is 6.03 Å². The Kier molecular flexibility index (Phi) is 5.43. The highest BCUT2D eigenvalue weighted by molar-refractivity contribution is 7.14. The highest BCUT2D eigenvalue weighted by atomic mass is 32.1. The average Bonchev–Trinajstić information content (AvgIpc) is 3.22. The zero-order chi connectivity index (χ0) is 16.8.